The van der Waals surface area contributed by atoms with E-state index in [2.05, 4.69) is 44.0 Å². The van der Waals surface area contributed by atoms with E-state index in [-0.39, 0.29) is 0 Å². The van der Waals surface area contributed by atoms with Crippen LogP contribution in [0.5, 0.6) is 0 Å². The first-order chi connectivity index (χ1) is 10.9. The van der Waals surface area contributed by atoms with E-state index in [0.717, 1.165) is 18.5 Å². The smallest absolute Gasteiger partial charge is 0.0910 e. The Hall–Kier alpha value is -1.51. The van der Waals surface area contributed by atoms with Crippen LogP contribution in [0.25, 0.3) is 0 Å². The van der Waals surface area contributed by atoms with Crippen molar-refractivity contribution >= 4 is 35.2 Å². The number of rotatable bonds is 5. The Morgan fingerprint density at radius 3 is 2.52 bits per heavy atom. The van der Waals surface area contributed by atoms with Gasteiger partial charge in [0.25, 0.3) is 0 Å². The summed E-state index contributed by atoms with van der Waals surface area (Å²) in [5.74, 6) is 0. The van der Waals surface area contributed by atoms with Crippen molar-refractivity contribution in [3.05, 3.63) is 62.6 Å². The van der Waals surface area contributed by atoms with Crippen LogP contribution in [0.2, 0.25) is 10.0 Å². The van der Waals surface area contributed by atoms with Crippen LogP contribution >= 0.6 is 23.2 Å². The molecule has 0 unspecified atom stereocenters. The van der Waals surface area contributed by atoms with E-state index in [1.54, 1.807) is 6.34 Å². The number of benzene rings is 2. The van der Waals surface area contributed by atoms with E-state index in [1.807, 2.05) is 24.1 Å². The van der Waals surface area contributed by atoms with Gasteiger partial charge < -0.3 is 4.90 Å². The summed E-state index contributed by atoms with van der Waals surface area (Å²) < 4.78 is 0. The summed E-state index contributed by atoms with van der Waals surface area (Å²) >= 11 is 12.8. The number of hydrogen-bond acceptors (Lipinski definition) is 1. The second-order valence-corrected chi connectivity index (χ2v) is 6.56. The molecule has 0 atom stereocenters. The van der Waals surface area contributed by atoms with Gasteiger partial charge in [-0.05, 0) is 61.6 Å². The molecule has 0 saturated heterocycles. The van der Waals surface area contributed by atoms with E-state index in [0.29, 0.717) is 15.7 Å². The Bertz CT molecular complexity index is 724. The molecule has 0 spiro atoms. The largest absolute Gasteiger partial charge is 0.366 e. The molecule has 2 aromatic rings. The fourth-order valence-corrected chi connectivity index (χ4v) is 2.72. The third-order valence-corrected chi connectivity index (χ3v) is 4.76. The zero-order valence-corrected chi connectivity index (χ0v) is 15.5. The van der Waals surface area contributed by atoms with Gasteiger partial charge >= 0.3 is 0 Å². The topological polar surface area (TPSA) is 15.6 Å². The number of halogens is 2. The lowest BCUT2D eigenvalue weighted by molar-refractivity contribution is 0.552. The van der Waals surface area contributed by atoms with Gasteiger partial charge in [0.2, 0.25) is 0 Å². The van der Waals surface area contributed by atoms with Gasteiger partial charge in [-0.1, -0.05) is 41.4 Å². The van der Waals surface area contributed by atoms with E-state index < -0.39 is 0 Å². The van der Waals surface area contributed by atoms with Crippen LogP contribution in [0.1, 0.15) is 29.2 Å². The molecule has 0 fully saturated rings. The highest BCUT2D eigenvalue weighted by Gasteiger charge is 2.09. The fraction of sp³-hybridized carbons (Fsp3) is 0.316. The quantitative estimate of drug-likeness (QED) is 0.491. The van der Waals surface area contributed by atoms with Crippen LogP contribution in [0, 0.1) is 13.8 Å². The fourth-order valence-electron chi connectivity index (χ4n) is 2.26. The summed E-state index contributed by atoms with van der Waals surface area (Å²) in [5, 5.41) is 1.32. The monoisotopic (exact) mass is 348 g/mol. The average molecular weight is 349 g/mol. The first kappa shape index (κ1) is 17.8. The van der Waals surface area contributed by atoms with Crippen molar-refractivity contribution in [1.29, 1.82) is 0 Å². The molecule has 0 saturated carbocycles. The molecule has 2 aromatic carbocycles. The summed E-state index contributed by atoms with van der Waals surface area (Å²) in [6.45, 7) is 7.21. The lowest BCUT2D eigenvalue weighted by atomic mass is 9.97. The highest BCUT2D eigenvalue weighted by Crippen LogP contribution is 2.33. The Morgan fingerprint density at radius 2 is 1.83 bits per heavy atom. The minimum Gasteiger partial charge on any atom is -0.366 e. The maximum Gasteiger partial charge on any atom is 0.0910 e. The molecule has 0 heterocycles. The number of aliphatic imine (C=N–C) groups is 1. The molecule has 2 nitrogen and oxygen atoms in total. The Balaban J connectivity index is 2.30. The zero-order valence-electron chi connectivity index (χ0n) is 14.0. The molecule has 0 aliphatic carbocycles. The molecule has 0 bridgehead atoms. The van der Waals surface area contributed by atoms with Crippen LogP contribution < -0.4 is 0 Å². The van der Waals surface area contributed by atoms with Gasteiger partial charge in [0.05, 0.1) is 17.0 Å². The Labute approximate surface area is 148 Å². The van der Waals surface area contributed by atoms with Gasteiger partial charge in [0, 0.05) is 18.6 Å². The number of aryl methyl sites for hydroxylation is 1. The SMILES string of the molecule is CCN(C)C=Nc1cc(Cl)c(Cc2cccc(C)c2C)cc1Cl. The lowest BCUT2D eigenvalue weighted by Crippen LogP contribution is -2.14. The van der Waals surface area contributed by atoms with Crippen LogP contribution in [0.4, 0.5) is 5.69 Å². The summed E-state index contributed by atoms with van der Waals surface area (Å²) in [4.78, 5) is 6.38. The lowest BCUT2D eigenvalue weighted by Gasteiger charge is -2.12. The van der Waals surface area contributed by atoms with Crippen molar-refractivity contribution < 1.29 is 0 Å². The summed E-state index contributed by atoms with van der Waals surface area (Å²) in [7, 11) is 1.97. The van der Waals surface area contributed by atoms with Crippen LogP contribution in [-0.2, 0) is 6.42 Å². The van der Waals surface area contributed by atoms with Crippen molar-refractivity contribution in [2.24, 2.45) is 4.99 Å². The molecule has 0 amide bonds. The normalized spacial score (nSPS) is 11.2. The van der Waals surface area contributed by atoms with Crippen molar-refractivity contribution in [2.45, 2.75) is 27.2 Å². The highest BCUT2D eigenvalue weighted by atomic mass is 35.5. The molecule has 23 heavy (non-hydrogen) atoms. The number of nitrogens with zero attached hydrogens (tertiary/aromatic N) is 2. The Morgan fingerprint density at radius 1 is 1.09 bits per heavy atom. The van der Waals surface area contributed by atoms with Crippen molar-refractivity contribution in [1.82, 2.24) is 4.90 Å². The summed E-state index contributed by atoms with van der Waals surface area (Å²) in [6, 6.07) is 10.1. The molecule has 0 aliphatic rings. The second kappa shape index (κ2) is 7.85. The van der Waals surface area contributed by atoms with Gasteiger partial charge in [-0.25, -0.2) is 4.99 Å². The molecule has 0 aromatic heterocycles. The van der Waals surface area contributed by atoms with Crippen molar-refractivity contribution in [2.75, 3.05) is 13.6 Å². The van der Waals surface area contributed by atoms with Gasteiger partial charge in [0.15, 0.2) is 0 Å². The molecular weight excluding hydrogens is 327 g/mol. The minimum atomic E-state index is 0.621. The standard InChI is InChI=1S/C19H22Cl2N2/c1-5-23(4)12-22-19-11-17(20)16(10-18(19)21)9-15-8-6-7-13(2)14(15)3/h6-8,10-12H,5,9H2,1-4H3. The molecule has 0 aliphatic heterocycles. The van der Waals surface area contributed by atoms with E-state index in [1.165, 1.54) is 16.7 Å². The Kier molecular flexibility index (Phi) is 6.09. The van der Waals surface area contributed by atoms with E-state index in [4.69, 9.17) is 23.2 Å². The predicted octanol–water partition coefficient (Wildman–Crippen LogP) is 5.81. The molecule has 2 rings (SSSR count). The predicted molar refractivity (Wildman–Crippen MR) is 102 cm³/mol. The maximum absolute atomic E-state index is 6.45. The highest BCUT2D eigenvalue weighted by molar-refractivity contribution is 6.35. The van der Waals surface area contributed by atoms with Crippen LogP contribution in [-0.4, -0.2) is 24.8 Å². The third-order valence-electron chi connectivity index (χ3n) is 4.11. The zero-order chi connectivity index (χ0) is 17.0. The van der Waals surface area contributed by atoms with Gasteiger partial charge in [0.1, 0.15) is 0 Å². The third kappa shape index (κ3) is 4.49. The van der Waals surface area contributed by atoms with Crippen LogP contribution in [0.15, 0.2) is 35.3 Å². The van der Waals surface area contributed by atoms with Crippen molar-refractivity contribution in [3.8, 4) is 0 Å². The molecule has 0 N–H and O–H groups in total. The first-order valence-electron chi connectivity index (χ1n) is 7.69. The molecule has 0 radical (unpaired) electrons. The molecule has 4 heteroatoms. The summed E-state index contributed by atoms with van der Waals surface area (Å²) in [6.07, 6.45) is 2.53. The molecule has 122 valence electrons. The van der Waals surface area contributed by atoms with Gasteiger partial charge in [-0.2, -0.15) is 0 Å². The number of hydrogen-bond donors (Lipinski definition) is 0. The van der Waals surface area contributed by atoms with Gasteiger partial charge in [-0.15, -0.1) is 0 Å². The van der Waals surface area contributed by atoms with Crippen LogP contribution in [0.3, 0.4) is 0 Å². The molecular formula is C19H22Cl2N2. The summed E-state index contributed by atoms with van der Waals surface area (Å²) in [5.41, 5.74) is 5.57. The van der Waals surface area contributed by atoms with E-state index >= 15 is 0 Å². The minimum absolute atomic E-state index is 0.621. The average Bonchev–Trinajstić information content (AvgIpc) is 2.53. The van der Waals surface area contributed by atoms with Gasteiger partial charge in [-0.3, -0.25) is 0 Å². The van der Waals surface area contributed by atoms with Crippen molar-refractivity contribution in [3.63, 3.8) is 0 Å². The first-order valence-corrected chi connectivity index (χ1v) is 8.45. The maximum atomic E-state index is 6.45. The second-order valence-electron chi connectivity index (χ2n) is 5.75. The van der Waals surface area contributed by atoms with E-state index in [9.17, 15) is 0 Å².